The van der Waals surface area contributed by atoms with E-state index in [0.717, 1.165) is 38.9 Å². The van der Waals surface area contributed by atoms with E-state index in [-0.39, 0.29) is 5.25 Å². The molecule has 15 heavy (non-hydrogen) atoms. The summed E-state index contributed by atoms with van der Waals surface area (Å²) in [6.07, 6.45) is 3.68. The first-order valence-corrected chi connectivity index (χ1v) is 7.43. The van der Waals surface area contributed by atoms with Crippen LogP contribution >= 0.6 is 0 Å². The van der Waals surface area contributed by atoms with E-state index < -0.39 is 9.84 Å². The smallest absolute Gasteiger partial charge is 0.154 e. The van der Waals surface area contributed by atoms with Crippen LogP contribution in [0.1, 0.15) is 25.7 Å². The van der Waals surface area contributed by atoms with Crippen LogP contribution in [0.5, 0.6) is 0 Å². The highest BCUT2D eigenvalue weighted by Crippen LogP contribution is 2.19. The van der Waals surface area contributed by atoms with E-state index in [0.29, 0.717) is 18.3 Å². The molecular formula is C10H19NO3S. The minimum Gasteiger partial charge on any atom is -0.381 e. The second-order valence-corrected chi connectivity index (χ2v) is 6.83. The van der Waals surface area contributed by atoms with Crippen LogP contribution in [0.15, 0.2) is 0 Å². The predicted molar refractivity (Wildman–Crippen MR) is 58.7 cm³/mol. The highest BCUT2D eigenvalue weighted by Gasteiger charge is 2.31. The molecule has 2 aliphatic rings. The van der Waals surface area contributed by atoms with Gasteiger partial charge >= 0.3 is 0 Å². The third-order valence-electron chi connectivity index (χ3n) is 3.32. The maximum Gasteiger partial charge on any atom is 0.154 e. The summed E-state index contributed by atoms with van der Waals surface area (Å²) in [5, 5.41) is 3.22. The molecule has 1 unspecified atom stereocenters. The molecule has 0 radical (unpaired) electrons. The standard InChI is InChI=1S/C10H19NO3S/c12-15(13)7-1-2-10(15)8-11-9-3-5-14-6-4-9/h9-11H,1-8H2. The van der Waals surface area contributed by atoms with Gasteiger partial charge in [0.15, 0.2) is 9.84 Å². The van der Waals surface area contributed by atoms with Crippen molar-refractivity contribution >= 4 is 9.84 Å². The molecule has 2 aliphatic heterocycles. The Morgan fingerprint density at radius 2 is 1.93 bits per heavy atom. The lowest BCUT2D eigenvalue weighted by atomic mass is 10.1. The van der Waals surface area contributed by atoms with Gasteiger partial charge in [0.2, 0.25) is 0 Å². The topological polar surface area (TPSA) is 55.4 Å². The van der Waals surface area contributed by atoms with Crippen LogP contribution < -0.4 is 5.32 Å². The van der Waals surface area contributed by atoms with Gasteiger partial charge in [0.25, 0.3) is 0 Å². The molecule has 0 spiro atoms. The molecule has 0 aromatic rings. The number of ether oxygens (including phenoxy) is 1. The van der Waals surface area contributed by atoms with Gasteiger partial charge in [-0.05, 0) is 25.7 Å². The highest BCUT2D eigenvalue weighted by atomic mass is 32.2. The Morgan fingerprint density at radius 3 is 2.53 bits per heavy atom. The zero-order valence-corrected chi connectivity index (χ0v) is 9.76. The maximum absolute atomic E-state index is 11.6. The molecule has 2 saturated heterocycles. The van der Waals surface area contributed by atoms with Gasteiger partial charge in [-0.15, -0.1) is 0 Å². The molecule has 2 fully saturated rings. The van der Waals surface area contributed by atoms with Crippen molar-refractivity contribution in [3.8, 4) is 0 Å². The number of hydrogen-bond donors (Lipinski definition) is 1. The zero-order valence-electron chi connectivity index (χ0n) is 8.94. The van der Waals surface area contributed by atoms with Gasteiger partial charge in [-0.3, -0.25) is 0 Å². The Bertz CT molecular complexity index is 296. The number of hydrogen-bond acceptors (Lipinski definition) is 4. The lowest BCUT2D eigenvalue weighted by Crippen LogP contribution is -2.40. The lowest BCUT2D eigenvalue weighted by Gasteiger charge is -2.24. The Labute approximate surface area is 91.3 Å². The van der Waals surface area contributed by atoms with Crippen molar-refractivity contribution in [1.29, 1.82) is 0 Å². The van der Waals surface area contributed by atoms with Crippen molar-refractivity contribution in [1.82, 2.24) is 5.32 Å². The van der Waals surface area contributed by atoms with Crippen molar-refractivity contribution < 1.29 is 13.2 Å². The SMILES string of the molecule is O=S1(=O)CCCC1CNC1CCOCC1. The fourth-order valence-electron chi connectivity index (χ4n) is 2.29. The van der Waals surface area contributed by atoms with E-state index in [2.05, 4.69) is 5.32 Å². The van der Waals surface area contributed by atoms with Crippen molar-refractivity contribution in [3.63, 3.8) is 0 Å². The second-order valence-electron chi connectivity index (χ2n) is 4.43. The quantitative estimate of drug-likeness (QED) is 0.763. The molecule has 2 rings (SSSR count). The van der Waals surface area contributed by atoms with Crippen LogP contribution in [0.2, 0.25) is 0 Å². The molecule has 0 aromatic carbocycles. The summed E-state index contributed by atoms with van der Waals surface area (Å²) in [5.41, 5.74) is 0. The van der Waals surface area contributed by atoms with Gasteiger partial charge in [-0.25, -0.2) is 8.42 Å². The second kappa shape index (κ2) is 4.80. The summed E-state index contributed by atoms with van der Waals surface area (Å²) in [6, 6.07) is 0.453. The first-order valence-electron chi connectivity index (χ1n) is 5.71. The molecule has 4 nitrogen and oxygen atoms in total. The van der Waals surface area contributed by atoms with Crippen LogP contribution in [-0.2, 0) is 14.6 Å². The zero-order chi connectivity index (χ0) is 10.7. The molecule has 88 valence electrons. The summed E-state index contributed by atoms with van der Waals surface area (Å²) in [7, 11) is -2.78. The molecule has 0 aromatic heterocycles. The summed E-state index contributed by atoms with van der Waals surface area (Å²) >= 11 is 0. The molecule has 1 atom stereocenters. The van der Waals surface area contributed by atoms with E-state index >= 15 is 0 Å². The van der Waals surface area contributed by atoms with Crippen molar-refractivity contribution in [2.24, 2.45) is 0 Å². The molecule has 2 heterocycles. The molecule has 0 bridgehead atoms. The highest BCUT2D eigenvalue weighted by molar-refractivity contribution is 7.92. The van der Waals surface area contributed by atoms with E-state index in [9.17, 15) is 8.42 Å². The van der Waals surface area contributed by atoms with Gasteiger partial charge in [0, 0.05) is 25.8 Å². The monoisotopic (exact) mass is 233 g/mol. The fraction of sp³-hybridized carbons (Fsp3) is 1.00. The average Bonchev–Trinajstić information content (AvgIpc) is 2.56. The molecule has 0 saturated carbocycles. The first-order chi connectivity index (χ1) is 7.18. The summed E-state index contributed by atoms with van der Waals surface area (Å²) in [4.78, 5) is 0. The van der Waals surface area contributed by atoms with E-state index in [4.69, 9.17) is 4.74 Å². The van der Waals surface area contributed by atoms with Crippen LogP contribution in [0.4, 0.5) is 0 Å². The predicted octanol–water partition coefficient (Wildman–Crippen LogP) is 0.332. The van der Waals surface area contributed by atoms with Gasteiger partial charge < -0.3 is 10.1 Å². The largest absolute Gasteiger partial charge is 0.381 e. The normalized spacial score (nSPS) is 31.9. The average molecular weight is 233 g/mol. The molecule has 0 amide bonds. The van der Waals surface area contributed by atoms with Gasteiger partial charge in [0.1, 0.15) is 0 Å². The minimum atomic E-state index is -2.78. The Balaban J connectivity index is 1.77. The Kier molecular flexibility index (Phi) is 3.64. The first kappa shape index (κ1) is 11.4. The molecule has 5 heteroatoms. The third-order valence-corrected chi connectivity index (χ3v) is 5.59. The minimum absolute atomic E-state index is 0.139. The lowest BCUT2D eigenvalue weighted by molar-refractivity contribution is 0.0781. The van der Waals surface area contributed by atoms with E-state index in [1.165, 1.54) is 0 Å². The van der Waals surface area contributed by atoms with Gasteiger partial charge in [-0.2, -0.15) is 0 Å². The molecular weight excluding hydrogens is 214 g/mol. The van der Waals surface area contributed by atoms with E-state index in [1.54, 1.807) is 0 Å². The van der Waals surface area contributed by atoms with E-state index in [1.807, 2.05) is 0 Å². The Hall–Kier alpha value is -0.130. The number of sulfone groups is 1. The van der Waals surface area contributed by atoms with Crippen LogP contribution in [-0.4, -0.2) is 45.2 Å². The van der Waals surface area contributed by atoms with Crippen molar-refractivity contribution in [2.75, 3.05) is 25.5 Å². The number of nitrogens with one attached hydrogen (secondary N) is 1. The number of rotatable bonds is 3. The third kappa shape index (κ3) is 2.92. The molecule has 1 N–H and O–H groups in total. The molecule has 0 aliphatic carbocycles. The van der Waals surface area contributed by atoms with Crippen LogP contribution in [0.25, 0.3) is 0 Å². The maximum atomic E-state index is 11.6. The van der Waals surface area contributed by atoms with Crippen molar-refractivity contribution in [3.05, 3.63) is 0 Å². The summed E-state index contributed by atoms with van der Waals surface area (Å²) < 4.78 is 28.4. The fourth-order valence-corrected chi connectivity index (χ4v) is 4.07. The Morgan fingerprint density at radius 1 is 1.20 bits per heavy atom. The van der Waals surface area contributed by atoms with Crippen molar-refractivity contribution in [2.45, 2.75) is 37.0 Å². The van der Waals surface area contributed by atoms with Gasteiger partial charge in [-0.1, -0.05) is 0 Å². The van der Waals surface area contributed by atoms with Crippen LogP contribution in [0.3, 0.4) is 0 Å². The summed E-state index contributed by atoms with van der Waals surface area (Å²) in [5.74, 6) is 0.382. The van der Waals surface area contributed by atoms with Gasteiger partial charge in [0.05, 0.1) is 11.0 Å². The summed E-state index contributed by atoms with van der Waals surface area (Å²) in [6.45, 7) is 2.23. The van der Waals surface area contributed by atoms with Crippen LogP contribution in [0, 0.1) is 0 Å².